The van der Waals surface area contributed by atoms with Crippen LogP contribution in [-0.2, 0) is 10.1 Å². The van der Waals surface area contributed by atoms with E-state index in [0.717, 1.165) is 36.4 Å². The van der Waals surface area contributed by atoms with Gasteiger partial charge in [-0.2, -0.15) is 23.4 Å². The topological polar surface area (TPSA) is 244 Å². The van der Waals surface area contributed by atoms with Gasteiger partial charge in [0.05, 0.1) is 4.90 Å². The molecule has 0 radical (unpaired) electrons. The summed E-state index contributed by atoms with van der Waals surface area (Å²) in [5, 5.41) is 46.4. The Balaban J connectivity index is 1.70. The van der Waals surface area contributed by atoms with Gasteiger partial charge < -0.3 is 36.4 Å². The second kappa shape index (κ2) is 10.5. The monoisotopic (exact) mass is 554 g/mol. The molecule has 0 unspecified atom stereocenters. The maximum atomic E-state index is 11.4. The molecule has 8 N–H and O–H groups in total. The van der Waals surface area contributed by atoms with Gasteiger partial charge in [-0.15, -0.1) is 0 Å². The second-order valence-corrected chi connectivity index (χ2v) is 9.18. The highest BCUT2D eigenvalue weighted by atomic mass is 32.2. The van der Waals surface area contributed by atoms with Crippen LogP contribution in [-0.4, -0.2) is 60.3 Å². The van der Waals surface area contributed by atoms with Gasteiger partial charge in [0.2, 0.25) is 17.8 Å². The average molecular weight is 554 g/mol. The van der Waals surface area contributed by atoms with Crippen LogP contribution in [0.5, 0.6) is 11.5 Å². The number of nitrogens with zero attached hydrogens (tertiary/aromatic N) is 3. The number of benzene rings is 3. The standard InChI is InChI=1S/C23H18N6O9S/c30-17-7-3-12(9-15(17)19(32)33)25-22-27-21(24-11-1-5-14(6-2-11)39(36,37)38)28-23(29-22)26-13-4-8-18(31)16(10-13)20(34)35/h1-10,30-31H,(H,32,33)(H,34,35)(H,36,37,38)(H3,24,25,26,27,28,29). The molecule has 1 aromatic heterocycles. The lowest BCUT2D eigenvalue weighted by atomic mass is 10.2. The summed E-state index contributed by atoms with van der Waals surface area (Å²) in [6.45, 7) is 0. The Kier molecular flexibility index (Phi) is 7.14. The molecule has 39 heavy (non-hydrogen) atoms. The maximum Gasteiger partial charge on any atom is 0.339 e. The summed E-state index contributed by atoms with van der Waals surface area (Å²) in [7, 11) is -4.41. The zero-order valence-electron chi connectivity index (χ0n) is 19.4. The fraction of sp³-hybridized carbons (Fsp3) is 0. The molecule has 4 rings (SSSR count). The highest BCUT2D eigenvalue weighted by Crippen LogP contribution is 2.27. The van der Waals surface area contributed by atoms with Crippen LogP contribution in [0.3, 0.4) is 0 Å². The van der Waals surface area contributed by atoms with Crippen molar-refractivity contribution >= 4 is 57.0 Å². The van der Waals surface area contributed by atoms with E-state index >= 15 is 0 Å². The Bertz CT molecular complexity index is 1610. The summed E-state index contributed by atoms with van der Waals surface area (Å²) < 4.78 is 31.8. The van der Waals surface area contributed by atoms with Gasteiger partial charge in [-0.05, 0) is 60.7 Å². The predicted octanol–water partition coefficient (Wildman–Crippen LogP) is 3.16. The minimum absolute atomic E-state index is 0.0796. The summed E-state index contributed by atoms with van der Waals surface area (Å²) in [6.07, 6.45) is 0. The van der Waals surface area contributed by atoms with Gasteiger partial charge in [0, 0.05) is 17.1 Å². The molecule has 1 heterocycles. The van der Waals surface area contributed by atoms with Gasteiger partial charge in [0.1, 0.15) is 22.6 Å². The zero-order valence-corrected chi connectivity index (χ0v) is 20.2. The van der Waals surface area contributed by atoms with E-state index in [0.29, 0.717) is 5.69 Å². The van der Waals surface area contributed by atoms with Gasteiger partial charge in [-0.25, -0.2) is 9.59 Å². The first-order valence-electron chi connectivity index (χ1n) is 10.7. The third kappa shape index (κ3) is 6.45. The Morgan fingerprint density at radius 3 is 1.33 bits per heavy atom. The molecule has 0 aliphatic heterocycles. The van der Waals surface area contributed by atoms with Crippen molar-refractivity contribution in [3.05, 3.63) is 71.8 Å². The average Bonchev–Trinajstić information content (AvgIpc) is 2.86. The predicted molar refractivity (Wildman–Crippen MR) is 136 cm³/mol. The summed E-state index contributed by atoms with van der Waals surface area (Å²) in [5.41, 5.74) is -0.0433. The van der Waals surface area contributed by atoms with Gasteiger partial charge in [0.15, 0.2) is 0 Å². The summed E-state index contributed by atoms with van der Waals surface area (Å²) >= 11 is 0. The van der Waals surface area contributed by atoms with Crippen LogP contribution in [0, 0.1) is 0 Å². The van der Waals surface area contributed by atoms with Crippen molar-refractivity contribution in [2.75, 3.05) is 16.0 Å². The third-order valence-corrected chi connectivity index (χ3v) is 5.88. The minimum atomic E-state index is -4.41. The molecule has 0 atom stereocenters. The van der Waals surface area contributed by atoms with Crippen LogP contribution in [0.4, 0.5) is 34.9 Å². The molecule has 0 saturated carbocycles. The van der Waals surface area contributed by atoms with E-state index in [-0.39, 0.29) is 45.2 Å². The van der Waals surface area contributed by atoms with E-state index in [1.54, 1.807) is 0 Å². The van der Waals surface area contributed by atoms with Crippen molar-refractivity contribution in [3.8, 4) is 11.5 Å². The van der Waals surface area contributed by atoms with E-state index in [1.165, 1.54) is 24.3 Å². The van der Waals surface area contributed by atoms with Crippen molar-refractivity contribution in [2.45, 2.75) is 4.90 Å². The number of rotatable bonds is 9. The highest BCUT2D eigenvalue weighted by molar-refractivity contribution is 7.85. The molecule has 0 spiro atoms. The second-order valence-electron chi connectivity index (χ2n) is 7.75. The molecule has 4 aromatic rings. The number of carboxylic acid groups (broad SMARTS) is 2. The number of aromatic carboxylic acids is 2. The molecular formula is C23H18N6O9S. The van der Waals surface area contributed by atoms with Crippen LogP contribution in [0.2, 0.25) is 0 Å². The van der Waals surface area contributed by atoms with Crippen molar-refractivity contribution in [1.82, 2.24) is 15.0 Å². The molecule has 0 fully saturated rings. The lowest BCUT2D eigenvalue weighted by Gasteiger charge is -2.13. The Labute approximate surface area is 219 Å². The fourth-order valence-electron chi connectivity index (χ4n) is 3.21. The van der Waals surface area contributed by atoms with Gasteiger partial charge in [-0.1, -0.05) is 0 Å². The van der Waals surface area contributed by atoms with Gasteiger partial charge in [0.25, 0.3) is 10.1 Å². The Morgan fingerprint density at radius 1 is 0.615 bits per heavy atom. The van der Waals surface area contributed by atoms with Crippen LogP contribution in [0.15, 0.2) is 65.6 Å². The van der Waals surface area contributed by atoms with Crippen LogP contribution >= 0.6 is 0 Å². The number of carbonyl (C=O) groups is 2. The first kappa shape index (κ1) is 26.6. The Hall–Kier alpha value is -5.48. The molecule has 16 heteroatoms. The third-order valence-electron chi connectivity index (χ3n) is 5.01. The van der Waals surface area contributed by atoms with E-state index in [9.17, 15) is 38.4 Å². The van der Waals surface area contributed by atoms with Gasteiger partial charge >= 0.3 is 11.9 Å². The SMILES string of the molecule is O=C(O)c1cc(Nc2nc(Nc3ccc(S(=O)(=O)O)cc3)nc(Nc3ccc(O)c(C(=O)O)c3)n2)ccc1O. The number of aromatic nitrogens is 3. The molecule has 0 aliphatic carbocycles. The van der Waals surface area contributed by atoms with E-state index < -0.39 is 33.6 Å². The molecule has 0 saturated heterocycles. The van der Waals surface area contributed by atoms with E-state index in [1.807, 2.05) is 0 Å². The lowest BCUT2D eigenvalue weighted by Crippen LogP contribution is -2.08. The Morgan fingerprint density at radius 2 is 0.974 bits per heavy atom. The van der Waals surface area contributed by atoms with Crippen molar-refractivity contribution in [2.24, 2.45) is 0 Å². The molecule has 3 aromatic carbocycles. The highest BCUT2D eigenvalue weighted by Gasteiger charge is 2.15. The fourth-order valence-corrected chi connectivity index (χ4v) is 3.69. The maximum absolute atomic E-state index is 11.4. The van der Waals surface area contributed by atoms with Crippen molar-refractivity contribution in [3.63, 3.8) is 0 Å². The first-order chi connectivity index (χ1) is 18.4. The number of hydrogen-bond donors (Lipinski definition) is 8. The molecule has 0 aliphatic rings. The van der Waals surface area contributed by atoms with E-state index in [4.69, 9.17) is 4.55 Å². The smallest absolute Gasteiger partial charge is 0.339 e. The first-order valence-corrected chi connectivity index (χ1v) is 12.1. The molecule has 0 bridgehead atoms. The summed E-state index contributed by atoms with van der Waals surface area (Å²) in [4.78, 5) is 35.0. The number of phenols is 2. The largest absolute Gasteiger partial charge is 0.507 e. The number of carboxylic acids is 2. The van der Waals surface area contributed by atoms with Gasteiger partial charge in [-0.3, -0.25) is 4.55 Å². The normalized spacial score (nSPS) is 11.0. The lowest BCUT2D eigenvalue weighted by molar-refractivity contribution is 0.0682. The summed E-state index contributed by atoms with van der Waals surface area (Å²) in [6, 6.07) is 12.3. The molecule has 200 valence electrons. The number of aromatic hydroxyl groups is 2. The van der Waals surface area contributed by atoms with E-state index in [2.05, 4.69) is 30.9 Å². The molecule has 15 nitrogen and oxygen atoms in total. The van der Waals surface area contributed by atoms with Crippen LogP contribution in [0.25, 0.3) is 0 Å². The molecule has 0 amide bonds. The molecular weight excluding hydrogens is 536 g/mol. The summed E-state index contributed by atoms with van der Waals surface area (Å²) in [5.74, 6) is -3.94. The quantitative estimate of drug-likeness (QED) is 0.109. The number of hydrogen-bond acceptors (Lipinski definition) is 12. The van der Waals surface area contributed by atoms with Crippen LogP contribution in [0.1, 0.15) is 20.7 Å². The van der Waals surface area contributed by atoms with Crippen molar-refractivity contribution in [1.29, 1.82) is 0 Å². The van der Waals surface area contributed by atoms with Crippen molar-refractivity contribution < 1.29 is 43.0 Å². The minimum Gasteiger partial charge on any atom is -0.507 e. The number of anilines is 6. The van der Waals surface area contributed by atoms with Crippen LogP contribution < -0.4 is 16.0 Å². The zero-order chi connectivity index (χ0) is 28.3. The number of nitrogens with one attached hydrogen (secondary N) is 3.